The first-order chi connectivity index (χ1) is 7.61. The molecular weight excluding hydrogens is 200 g/mol. The van der Waals surface area contributed by atoms with Crippen molar-refractivity contribution < 1.29 is 4.79 Å². The van der Waals surface area contributed by atoms with Crippen LogP contribution in [0, 0.1) is 16.7 Å². The quantitative estimate of drug-likeness (QED) is 0.693. The molecule has 0 heterocycles. The van der Waals surface area contributed by atoms with Crippen molar-refractivity contribution in [3.05, 3.63) is 0 Å². The van der Waals surface area contributed by atoms with Gasteiger partial charge in [0.25, 0.3) is 0 Å². The van der Waals surface area contributed by atoms with Gasteiger partial charge in [-0.3, -0.25) is 4.79 Å². The zero-order valence-corrected chi connectivity index (χ0v) is 10.6. The van der Waals surface area contributed by atoms with Gasteiger partial charge in [0.15, 0.2) is 0 Å². The predicted octanol–water partition coefficient (Wildman–Crippen LogP) is 2.72. The lowest BCUT2D eigenvalue weighted by Crippen LogP contribution is -2.42. The maximum atomic E-state index is 12.4. The van der Waals surface area contributed by atoms with Gasteiger partial charge in [-0.2, -0.15) is 5.26 Å². The second-order valence-corrected chi connectivity index (χ2v) is 4.84. The molecule has 1 aliphatic rings. The van der Waals surface area contributed by atoms with E-state index in [-0.39, 0.29) is 5.91 Å². The molecule has 16 heavy (non-hydrogen) atoms. The number of carbonyl (C=O) groups excluding carboxylic acids is 1. The Balaban J connectivity index is 2.80. The first-order valence-corrected chi connectivity index (χ1v) is 6.29. The second-order valence-electron chi connectivity index (χ2n) is 4.84. The first-order valence-electron chi connectivity index (χ1n) is 6.29. The molecule has 0 spiro atoms. The van der Waals surface area contributed by atoms with Crippen LogP contribution in [0.4, 0.5) is 0 Å². The molecule has 1 fully saturated rings. The molecule has 1 rings (SSSR count). The number of hydrogen-bond donors (Lipinski definition) is 0. The van der Waals surface area contributed by atoms with Crippen LogP contribution in [0.2, 0.25) is 0 Å². The highest BCUT2D eigenvalue weighted by molar-refractivity contribution is 5.85. The van der Waals surface area contributed by atoms with Crippen LogP contribution in [0.25, 0.3) is 0 Å². The average molecular weight is 222 g/mol. The van der Waals surface area contributed by atoms with Crippen molar-refractivity contribution in [3.63, 3.8) is 0 Å². The Morgan fingerprint density at radius 3 is 2.19 bits per heavy atom. The summed E-state index contributed by atoms with van der Waals surface area (Å²) in [5, 5.41) is 9.36. The summed E-state index contributed by atoms with van der Waals surface area (Å²) in [6.07, 6.45) is 5.35. The summed E-state index contributed by atoms with van der Waals surface area (Å²) < 4.78 is 0. The van der Waals surface area contributed by atoms with E-state index in [1.807, 2.05) is 20.9 Å². The molecule has 1 amide bonds. The van der Waals surface area contributed by atoms with Gasteiger partial charge in [0.1, 0.15) is 5.41 Å². The predicted molar refractivity (Wildman–Crippen MR) is 63.7 cm³/mol. The SMILES string of the molecule is CCCC(C#N)(CCC)C(=O)N(C)C1CC1. The molecule has 0 bridgehead atoms. The Bertz CT molecular complexity index is 283. The van der Waals surface area contributed by atoms with E-state index in [2.05, 4.69) is 6.07 Å². The highest BCUT2D eigenvalue weighted by atomic mass is 16.2. The molecule has 0 aromatic carbocycles. The molecule has 0 atom stereocenters. The number of carbonyl (C=O) groups is 1. The molecule has 0 saturated heterocycles. The van der Waals surface area contributed by atoms with E-state index in [0.29, 0.717) is 18.9 Å². The molecule has 0 radical (unpaired) electrons. The molecule has 1 saturated carbocycles. The molecule has 0 aromatic rings. The van der Waals surface area contributed by atoms with Crippen molar-refractivity contribution in [2.75, 3.05) is 7.05 Å². The Morgan fingerprint density at radius 1 is 1.38 bits per heavy atom. The standard InChI is InChI=1S/C13H22N2O/c1-4-8-13(10-14,9-5-2)12(16)15(3)11-6-7-11/h11H,4-9H2,1-3H3. The van der Waals surface area contributed by atoms with E-state index in [1.54, 1.807) is 4.90 Å². The fourth-order valence-corrected chi connectivity index (χ4v) is 2.32. The molecular formula is C13H22N2O. The van der Waals surface area contributed by atoms with Crippen molar-refractivity contribution in [1.29, 1.82) is 5.26 Å². The highest BCUT2D eigenvalue weighted by Crippen LogP contribution is 2.35. The maximum absolute atomic E-state index is 12.4. The first kappa shape index (κ1) is 13.0. The maximum Gasteiger partial charge on any atom is 0.243 e. The number of rotatable bonds is 6. The van der Waals surface area contributed by atoms with Gasteiger partial charge in [-0.25, -0.2) is 0 Å². The van der Waals surface area contributed by atoms with E-state index in [0.717, 1.165) is 25.7 Å². The van der Waals surface area contributed by atoms with Gasteiger partial charge >= 0.3 is 0 Å². The van der Waals surface area contributed by atoms with Gasteiger partial charge in [0, 0.05) is 13.1 Å². The lowest BCUT2D eigenvalue weighted by molar-refractivity contribution is -0.139. The van der Waals surface area contributed by atoms with Crippen LogP contribution >= 0.6 is 0 Å². The summed E-state index contributed by atoms with van der Waals surface area (Å²) >= 11 is 0. The molecule has 0 aliphatic heterocycles. The van der Waals surface area contributed by atoms with Crippen molar-refractivity contribution in [2.45, 2.75) is 58.4 Å². The van der Waals surface area contributed by atoms with Crippen LogP contribution < -0.4 is 0 Å². The molecule has 0 unspecified atom stereocenters. The fourth-order valence-electron chi connectivity index (χ4n) is 2.32. The van der Waals surface area contributed by atoms with E-state index < -0.39 is 5.41 Å². The smallest absolute Gasteiger partial charge is 0.243 e. The van der Waals surface area contributed by atoms with Crippen molar-refractivity contribution in [2.24, 2.45) is 5.41 Å². The summed E-state index contributed by atoms with van der Waals surface area (Å²) in [6, 6.07) is 2.69. The summed E-state index contributed by atoms with van der Waals surface area (Å²) in [7, 11) is 1.84. The Morgan fingerprint density at radius 2 is 1.88 bits per heavy atom. The highest BCUT2D eigenvalue weighted by Gasteiger charge is 2.42. The summed E-state index contributed by atoms with van der Waals surface area (Å²) in [6.45, 7) is 4.07. The van der Waals surface area contributed by atoms with Crippen LogP contribution in [0.1, 0.15) is 52.4 Å². The molecule has 3 nitrogen and oxygen atoms in total. The summed E-state index contributed by atoms with van der Waals surface area (Å²) in [5.74, 6) is 0.0428. The van der Waals surface area contributed by atoms with Crippen LogP contribution in [0.5, 0.6) is 0 Å². The number of nitriles is 1. The van der Waals surface area contributed by atoms with Gasteiger partial charge in [0.05, 0.1) is 6.07 Å². The minimum absolute atomic E-state index is 0.0428. The molecule has 3 heteroatoms. The second kappa shape index (κ2) is 5.34. The largest absolute Gasteiger partial charge is 0.341 e. The Labute approximate surface area is 98.4 Å². The molecule has 0 N–H and O–H groups in total. The van der Waals surface area contributed by atoms with Gasteiger partial charge < -0.3 is 4.90 Å². The van der Waals surface area contributed by atoms with Gasteiger partial charge in [-0.15, -0.1) is 0 Å². The van der Waals surface area contributed by atoms with Gasteiger partial charge in [-0.05, 0) is 25.7 Å². The normalized spacial score (nSPS) is 15.6. The lowest BCUT2D eigenvalue weighted by atomic mass is 9.79. The molecule has 0 aromatic heterocycles. The molecule has 1 aliphatic carbocycles. The van der Waals surface area contributed by atoms with Gasteiger partial charge in [0.2, 0.25) is 5.91 Å². The van der Waals surface area contributed by atoms with Crippen molar-refractivity contribution >= 4 is 5.91 Å². The summed E-state index contributed by atoms with van der Waals surface area (Å²) in [4.78, 5) is 14.2. The number of amides is 1. The third-order valence-electron chi connectivity index (χ3n) is 3.39. The topological polar surface area (TPSA) is 44.1 Å². The van der Waals surface area contributed by atoms with Crippen LogP contribution in [-0.2, 0) is 4.79 Å². The van der Waals surface area contributed by atoms with E-state index in [4.69, 9.17) is 0 Å². The Kier molecular flexibility index (Phi) is 4.35. The zero-order valence-electron chi connectivity index (χ0n) is 10.6. The summed E-state index contributed by atoms with van der Waals surface area (Å²) in [5.41, 5.74) is -0.763. The zero-order chi connectivity index (χ0) is 12.2. The fraction of sp³-hybridized carbons (Fsp3) is 0.846. The van der Waals surface area contributed by atoms with E-state index in [9.17, 15) is 10.1 Å². The minimum atomic E-state index is -0.763. The van der Waals surface area contributed by atoms with Crippen LogP contribution in [0.3, 0.4) is 0 Å². The van der Waals surface area contributed by atoms with E-state index in [1.165, 1.54) is 0 Å². The third kappa shape index (κ3) is 2.55. The monoisotopic (exact) mass is 222 g/mol. The van der Waals surface area contributed by atoms with Crippen molar-refractivity contribution in [1.82, 2.24) is 4.90 Å². The average Bonchev–Trinajstić information content (AvgIpc) is 3.10. The number of hydrogen-bond acceptors (Lipinski definition) is 2. The molecule has 90 valence electrons. The lowest BCUT2D eigenvalue weighted by Gasteiger charge is -2.30. The Hall–Kier alpha value is -1.04. The van der Waals surface area contributed by atoms with Crippen LogP contribution in [-0.4, -0.2) is 23.9 Å². The number of nitrogens with zero attached hydrogens (tertiary/aromatic N) is 2. The van der Waals surface area contributed by atoms with Gasteiger partial charge in [-0.1, -0.05) is 26.7 Å². The van der Waals surface area contributed by atoms with Crippen molar-refractivity contribution in [3.8, 4) is 6.07 Å². The van der Waals surface area contributed by atoms with E-state index >= 15 is 0 Å². The minimum Gasteiger partial charge on any atom is -0.341 e. The third-order valence-corrected chi connectivity index (χ3v) is 3.39. The van der Waals surface area contributed by atoms with Crippen LogP contribution in [0.15, 0.2) is 0 Å².